The van der Waals surface area contributed by atoms with Crippen molar-refractivity contribution in [1.82, 2.24) is 10.2 Å². The molecule has 18 heavy (non-hydrogen) atoms. The molecule has 0 aromatic carbocycles. The highest BCUT2D eigenvalue weighted by atomic mass is 16.3. The van der Waals surface area contributed by atoms with Crippen LogP contribution in [0.25, 0.3) is 0 Å². The fourth-order valence-electron chi connectivity index (χ4n) is 3.55. The maximum absolute atomic E-state index is 5.54. The summed E-state index contributed by atoms with van der Waals surface area (Å²) in [5.74, 6) is 1.09. The Morgan fingerprint density at radius 2 is 2.39 bits per heavy atom. The highest BCUT2D eigenvalue weighted by molar-refractivity contribution is 5.05. The predicted molar refractivity (Wildman–Crippen MR) is 72.5 cm³/mol. The number of nitrogens with zero attached hydrogens (tertiary/aromatic N) is 1. The van der Waals surface area contributed by atoms with E-state index in [0.717, 1.165) is 18.2 Å². The topological polar surface area (TPSA) is 28.4 Å². The van der Waals surface area contributed by atoms with Crippen LogP contribution < -0.4 is 5.32 Å². The van der Waals surface area contributed by atoms with Gasteiger partial charge in [0.2, 0.25) is 0 Å². The molecule has 1 aromatic rings. The van der Waals surface area contributed by atoms with Crippen molar-refractivity contribution in [3.8, 4) is 0 Å². The van der Waals surface area contributed by atoms with Crippen molar-refractivity contribution in [2.24, 2.45) is 0 Å². The van der Waals surface area contributed by atoms with Crippen molar-refractivity contribution in [2.45, 2.75) is 57.2 Å². The molecule has 2 fully saturated rings. The van der Waals surface area contributed by atoms with E-state index in [2.05, 4.69) is 23.2 Å². The van der Waals surface area contributed by atoms with Gasteiger partial charge in [0.05, 0.1) is 12.3 Å². The van der Waals surface area contributed by atoms with Crippen molar-refractivity contribution in [1.29, 1.82) is 0 Å². The van der Waals surface area contributed by atoms with Crippen LogP contribution in [-0.2, 0) is 0 Å². The van der Waals surface area contributed by atoms with E-state index < -0.39 is 0 Å². The van der Waals surface area contributed by atoms with Gasteiger partial charge in [-0.25, -0.2) is 0 Å². The normalized spacial score (nSPS) is 30.3. The van der Waals surface area contributed by atoms with Crippen LogP contribution in [0, 0.1) is 0 Å². The molecule has 1 N–H and O–H groups in total. The number of rotatable bonds is 4. The van der Waals surface area contributed by atoms with Crippen LogP contribution in [0.4, 0.5) is 0 Å². The van der Waals surface area contributed by atoms with E-state index in [-0.39, 0.29) is 0 Å². The van der Waals surface area contributed by atoms with E-state index in [0.29, 0.717) is 12.1 Å². The van der Waals surface area contributed by atoms with Crippen LogP contribution in [-0.4, -0.2) is 30.1 Å². The number of piperidine rings is 1. The minimum atomic E-state index is 0.387. The summed E-state index contributed by atoms with van der Waals surface area (Å²) < 4.78 is 5.54. The smallest absolute Gasteiger partial charge is 0.120 e. The second-order valence-electron chi connectivity index (χ2n) is 5.70. The van der Waals surface area contributed by atoms with Crippen LogP contribution in [0.3, 0.4) is 0 Å². The summed E-state index contributed by atoms with van der Waals surface area (Å²) in [7, 11) is 0. The zero-order valence-corrected chi connectivity index (χ0v) is 11.3. The summed E-state index contributed by atoms with van der Waals surface area (Å²) in [6, 6.07) is 5.97. The largest absolute Gasteiger partial charge is 0.468 e. The van der Waals surface area contributed by atoms with Crippen molar-refractivity contribution in [2.75, 3.05) is 13.1 Å². The lowest BCUT2D eigenvalue weighted by Gasteiger charge is -2.36. The highest BCUT2D eigenvalue weighted by Crippen LogP contribution is 2.28. The molecule has 2 saturated heterocycles. The maximum atomic E-state index is 5.54. The zero-order chi connectivity index (χ0) is 12.4. The Kier molecular flexibility index (Phi) is 3.71. The van der Waals surface area contributed by atoms with Gasteiger partial charge in [0.15, 0.2) is 0 Å². The number of furan rings is 1. The second-order valence-corrected chi connectivity index (χ2v) is 5.70. The lowest BCUT2D eigenvalue weighted by molar-refractivity contribution is 0.157. The average Bonchev–Trinajstić information content (AvgIpc) is 3.06. The zero-order valence-electron chi connectivity index (χ0n) is 11.3. The lowest BCUT2D eigenvalue weighted by atomic mass is 9.96. The lowest BCUT2D eigenvalue weighted by Crippen LogP contribution is -2.46. The number of hydrogen-bond acceptors (Lipinski definition) is 3. The van der Waals surface area contributed by atoms with Gasteiger partial charge in [-0.15, -0.1) is 0 Å². The molecule has 0 saturated carbocycles. The SMILES string of the molecule is CCC(NC1CCN2CCCC2C1)c1ccco1. The van der Waals surface area contributed by atoms with Gasteiger partial charge >= 0.3 is 0 Å². The Morgan fingerprint density at radius 3 is 3.17 bits per heavy atom. The predicted octanol–water partition coefficient (Wildman–Crippen LogP) is 2.95. The van der Waals surface area contributed by atoms with Gasteiger partial charge in [-0.3, -0.25) is 0 Å². The van der Waals surface area contributed by atoms with Crippen molar-refractivity contribution in [3.05, 3.63) is 24.2 Å². The standard InChI is InChI=1S/C15H24N2O/c1-2-14(15-6-4-10-18-15)16-12-7-9-17-8-3-5-13(17)11-12/h4,6,10,12-14,16H,2-3,5,7-9,11H2,1H3. The molecule has 2 aliphatic rings. The van der Waals surface area contributed by atoms with Gasteiger partial charge in [-0.2, -0.15) is 0 Å². The molecule has 3 atom stereocenters. The van der Waals surface area contributed by atoms with E-state index in [1.165, 1.54) is 38.8 Å². The van der Waals surface area contributed by atoms with Crippen LogP contribution >= 0.6 is 0 Å². The Hall–Kier alpha value is -0.800. The molecule has 2 aliphatic heterocycles. The van der Waals surface area contributed by atoms with Crippen LogP contribution in [0.2, 0.25) is 0 Å². The van der Waals surface area contributed by atoms with Crippen molar-refractivity contribution >= 4 is 0 Å². The van der Waals surface area contributed by atoms with Gasteiger partial charge in [-0.1, -0.05) is 6.92 Å². The summed E-state index contributed by atoms with van der Waals surface area (Å²) in [6.45, 7) is 4.83. The van der Waals surface area contributed by atoms with Gasteiger partial charge in [0.25, 0.3) is 0 Å². The Labute approximate surface area is 110 Å². The molecule has 0 radical (unpaired) electrons. The van der Waals surface area contributed by atoms with Crippen LogP contribution in [0.1, 0.15) is 50.8 Å². The maximum Gasteiger partial charge on any atom is 0.120 e. The molecule has 3 rings (SSSR count). The Balaban J connectivity index is 1.58. The summed E-state index contributed by atoms with van der Waals surface area (Å²) >= 11 is 0. The van der Waals surface area contributed by atoms with E-state index >= 15 is 0 Å². The molecule has 3 heteroatoms. The number of nitrogens with one attached hydrogen (secondary N) is 1. The molecule has 3 heterocycles. The fraction of sp³-hybridized carbons (Fsp3) is 0.733. The molecule has 3 nitrogen and oxygen atoms in total. The van der Waals surface area contributed by atoms with E-state index in [1.807, 2.05) is 6.07 Å². The van der Waals surface area contributed by atoms with Gasteiger partial charge < -0.3 is 14.6 Å². The van der Waals surface area contributed by atoms with E-state index in [1.54, 1.807) is 6.26 Å². The quantitative estimate of drug-likeness (QED) is 0.888. The van der Waals surface area contributed by atoms with Crippen LogP contribution in [0.5, 0.6) is 0 Å². The molecular formula is C15H24N2O. The van der Waals surface area contributed by atoms with Gasteiger partial charge in [0, 0.05) is 12.1 Å². The third-order valence-corrected chi connectivity index (χ3v) is 4.55. The highest BCUT2D eigenvalue weighted by Gasteiger charge is 2.32. The molecule has 1 aromatic heterocycles. The summed E-state index contributed by atoms with van der Waals surface area (Å²) in [5.41, 5.74) is 0. The average molecular weight is 248 g/mol. The second kappa shape index (κ2) is 5.45. The first-order chi connectivity index (χ1) is 8.86. The molecule has 0 amide bonds. The first-order valence-electron chi connectivity index (χ1n) is 7.40. The summed E-state index contributed by atoms with van der Waals surface area (Å²) in [5, 5.41) is 3.80. The van der Waals surface area contributed by atoms with Crippen molar-refractivity contribution < 1.29 is 4.42 Å². The number of hydrogen-bond donors (Lipinski definition) is 1. The van der Waals surface area contributed by atoms with E-state index in [4.69, 9.17) is 4.42 Å². The Morgan fingerprint density at radius 1 is 1.44 bits per heavy atom. The first-order valence-corrected chi connectivity index (χ1v) is 7.40. The van der Waals surface area contributed by atoms with Crippen molar-refractivity contribution in [3.63, 3.8) is 0 Å². The molecule has 0 spiro atoms. The number of fused-ring (bicyclic) bond motifs is 1. The summed E-state index contributed by atoms with van der Waals surface area (Å²) in [4.78, 5) is 2.67. The summed E-state index contributed by atoms with van der Waals surface area (Å²) in [6.07, 6.45) is 8.27. The first kappa shape index (κ1) is 12.2. The molecule has 0 aliphatic carbocycles. The fourth-order valence-corrected chi connectivity index (χ4v) is 3.55. The van der Waals surface area contributed by atoms with Crippen LogP contribution in [0.15, 0.2) is 22.8 Å². The third kappa shape index (κ3) is 2.47. The Bertz CT molecular complexity index is 363. The molecule has 0 bridgehead atoms. The monoisotopic (exact) mass is 248 g/mol. The van der Waals surface area contributed by atoms with Gasteiger partial charge in [-0.05, 0) is 57.3 Å². The van der Waals surface area contributed by atoms with Gasteiger partial charge in [0.1, 0.15) is 5.76 Å². The molecule has 3 unspecified atom stereocenters. The third-order valence-electron chi connectivity index (χ3n) is 4.55. The minimum Gasteiger partial charge on any atom is -0.468 e. The minimum absolute atomic E-state index is 0.387. The van der Waals surface area contributed by atoms with E-state index in [9.17, 15) is 0 Å². The molecular weight excluding hydrogens is 224 g/mol. The molecule has 100 valence electrons.